The zero-order chi connectivity index (χ0) is 10.4. The zero-order valence-corrected chi connectivity index (χ0v) is 7.99. The highest BCUT2D eigenvalue weighted by molar-refractivity contribution is 5.93. The third-order valence-corrected chi connectivity index (χ3v) is 1.57. The maximum Gasteiger partial charge on any atom is 0.356 e. The molecule has 1 aromatic heterocycles. The molecule has 4 heteroatoms. The summed E-state index contributed by atoms with van der Waals surface area (Å²) in [4.78, 5) is 17.8. The highest BCUT2D eigenvalue weighted by Crippen LogP contribution is 2.06. The number of nitrogens with zero attached hydrogens (tertiary/aromatic N) is 1. The van der Waals surface area contributed by atoms with Crippen molar-refractivity contribution in [2.75, 3.05) is 6.61 Å². The van der Waals surface area contributed by atoms with E-state index in [9.17, 15) is 4.79 Å². The van der Waals surface area contributed by atoms with Gasteiger partial charge in [-0.25, -0.2) is 4.79 Å². The number of H-pyrrole nitrogens is 1. The van der Waals surface area contributed by atoms with Crippen LogP contribution in [0.2, 0.25) is 0 Å². The van der Waals surface area contributed by atoms with Crippen LogP contribution in [0.4, 0.5) is 0 Å². The molecule has 0 aliphatic rings. The van der Waals surface area contributed by atoms with E-state index in [0.717, 1.165) is 5.69 Å². The van der Waals surface area contributed by atoms with Crippen LogP contribution in [-0.4, -0.2) is 24.3 Å². The molecule has 4 nitrogen and oxygen atoms in total. The van der Waals surface area contributed by atoms with Gasteiger partial charge in [0.2, 0.25) is 0 Å². The molecule has 1 aromatic rings. The van der Waals surface area contributed by atoms with Gasteiger partial charge in [-0.1, -0.05) is 0 Å². The third kappa shape index (κ3) is 2.58. The molecule has 0 bridgehead atoms. The molecular formula is C10H12N2O2. The fourth-order valence-corrected chi connectivity index (χ4v) is 0.955. The number of rotatable bonds is 4. The zero-order valence-electron chi connectivity index (χ0n) is 7.99. The number of hydrogen-bond donors (Lipinski definition) is 1. The van der Waals surface area contributed by atoms with E-state index >= 15 is 0 Å². The minimum atomic E-state index is -0.461. The van der Waals surface area contributed by atoms with Gasteiger partial charge in [0.05, 0.1) is 6.61 Å². The van der Waals surface area contributed by atoms with Crippen molar-refractivity contribution >= 4 is 18.8 Å². The highest BCUT2D eigenvalue weighted by Gasteiger charge is 2.07. The van der Waals surface area contributed by atoms with E-state index < -0.39 is 5.97 Å². The Morgan fingerprint density at radius 3 is 3.07 bits per heavy atom. The molecule has 1 heterocycles. The Balaban J connectivity index is 2.81. The van der Waals surface area contributed by atoms with E-state index in [2.05, 4.69) is 16.7 Å². The minimum absolute atomic E-state index is 0.203. The Hall–Kier alpha value is -1.84. The molecular weight excluding hydrogens is 180 g/mol. The molecule has 0 amide bonds. The van der Waals surface area contributed by atoms with Crippen LogP contribution in [0.3, 0.4) is 0 Å². The first-order valence-corrected chi connectivity index (χ1v) is 4.27. The van der Waals surface area contributed by atoms with Crippen LogP contribution < -0.4 is 0 Å². The predicted octanol–water partition coefficient (Wildman–Crippen LogP) is 1.62. The number of carbonyl (C=O) groups excluding carboxylic acids is 1. The van der Waals surface area contributed by atoms with Crippen molar-refractivity contribution in [1.82, 2.24) is 4.98 Å². The average Bonchev–Trinajstić information content (AvgIpc) is 2.66. The Labute approximate surface area is 82.3 Å². The van der Waals surface area contributed by atoms with E-state index in [0.29, 0.717) is 6.61 Å². The van der Waals surface area contributed by atoms with Crippen LogP contribution in [0.25, 0.3) is 6.08 Å². The van der Waals surface area contributed by atoms with Gasteiger partial charge in [0.1, 0.15) is 5.70 Å². The first kappa shape index (κ1) is 10.2. The first-order valence-electron chi connectivity index (χ1n) is 4.27. The van der Waals surface area contributed by atoms with Crippen LogP contribution in [-0.2, 0) is 9.53 Å². The van der Waals surface area contributed by atoms with Crippen molar-refractivity contribution in [1.29, 1.82) is 0 Å². The predicted molar refractivity (Wildman–Crippen MR) is 55.0 cm³/mol. The molecule has 0 spiro atoms. The summed E-state index contributed by atoms with van der Waals surface area (Å²) in [5, 5.41) is 0. The largest absolute Gasteiger partial charge is 0.461 e. The number of esters is 1. The van der Waals surface area contributed by atoms with Gasteiger partial charge in [-0.2, -0.15) is 0 Å². The smallest absolute Gasteiger partial charge is 0.356 e. The Morgan fingerprint density at radius 1 is 1.79 bits per heavy atom. The molecule has 74 valence electrons. The summed E-state index contributed by atoms with van der Waals surface area (Å²) < 4.78 is 4.79. The molecule has 0 aromatic carbocycles. The quantitative estimate of drug-likeness (QED) is 0.447. The molecule has 14 heavy (non-hydrogen) atoms. The van der Waals surface area contributed by atoms with Gasteiger partial charge < -0.3 is 9.72 Å². The van der Waals surface area contributed by atoms with Crippen molar-refractivity contribution in [3.8, 4) is 0 Å². The van der Waals surface area contributed by atoms with Gasteiger partial charge in [-0.3, -0.25) is 4.99 Å². The van der Waals surface area contributed by atoms with Crippen molar-refractivity contribution in [3.63, 3.8) is 0 Å². The lowest BCUT2D eigenvalue weighted by atomic mass is 10.3. The molecule has 0 atom stereocenters. The normalized spacial score (nSPS) is 11.1. The fourth-order valence-electron chi connectivity index (χ4n) is 0.955. The highest BCUT2D eigenvalue weighted by atomic mass is 16.5. The molecule has 0 aliphatic carbocycles. The molecule has 0 saturated heterocycles. The Bertz CT molecular complexity index is 339. The van der Waals surface area contributed by atoms with E-state index in [-0.39, 0.29) is 5.70 Å². The molecule has 1 rings (SSSR count). The Kier molecular flexibility index (Phi) is 3.67. The summed E-state index contributed by atoms with van der Waals surface area (Å²) in [6.07, 6.45) is 3.35. The summed E-state index contributed by atoms with van der Waals surface area (Å²) in [5.41, 5.74) is 0.995. The number of aliphatic imine (C=N–C) groups is 1. The fraction of sp³-hybridized carbons (Fsp3) is 0.200. The summed E-state index contributed by atoms with van der Waals surface area (Å²) in [5.74, 6) is -0.461. The SMILES string of the molecule is C=N/C(=C\c1ccc[nH]1)C(=O)OCC. The average molecular weight is 192 g/mol. The molecule has 1 N–H and O–H groups in total. The van der Waals surface area contributed by atoms with Crippen molar-refractivity contribution in [3.05, 3.63) is 29.7 Å². The molecule has 0 aliphatic heterocycles. The van der Waals surface area contributed by atoms with Gasteiger partial charge in [0.15, 0.2) is 0 Å². The van der Waals surface area contributed by atoms with Crippen LogP contribution >= 0.6 is 0 Å². The monoisotopic (exact) mass is 192 g/mol. The second-order valence-corrected chi connectivity index (χ2v) is 2.53. The molecule has 0 saturated carbocycles. The second kappa shape index (κ2) is 5.01. The summed E-state index contributed by atoms with van der Waals surface area (Å²) in [6, 6.07) is 3.65. The number of aromatic amines is 1. The van der Waals surface area contributed by atoms with Gasteiger partial charge in [-0.05, 0) is 31.9 Å². The lowest BCUT2D eigenvalue weighted by molar-refractivity contribution is -0.138. The minimum Gasteiger partial charge on any atom is -0.461 e. The second-order valence-electron chi connectivity index (χ2n) is 2.53. The van der Waals surface area contributed by atoms with Crippen LogP contribution in [0.5, 0.6) is 0 Å². The topological polar surface area (TPSA) is 54.5 Å². The summed E-state index contributed by atoms with van der Waals surface area (Å²) in [7, 11) is 0. The lowest BCUT2D eigenvalue weighted by Crippen LogP contribution is -2.05. The van der Waals surface area contributed by atoms with E-state index in [1.165, 1.54) is 0 Å². The van der Waals surface area contributed by atoms with Crippen molar-refractivity contribution < 1.29 is 9.53 Å². The van der Waals surface area contributed by atoms with E-state index in [1.807, 2.05) is 12.1 Å². The van der Waals surface area contributed by atoms with Gasteiger partial charge in [-0.15, -0.1) is 0 Å². The maximum atomic E-state index is 11.3. The lowest BCUT2D eigenvalue weighted by Gasteiger charge is -2.00. The molecule has 0 radical (unpaired) electrons. The van der Waals surface area contributed by atoms with Crippen molar-refractivity contribution in [2.24, 2.45) is 4.99 Å². The number of ether oxygens (including phenoxy) is 1. The van der Waals surface area contributed by atoms with Gasteiger partial charge in [0.25, 0.3) is 0 Å². The first-order chi connectivity index (χ1) is 6.77. The summed E-state index contributed by atoms with van der Waals surface area (Å²) in [6.45, 7) is 5.38. The van der Waals surface area contributed by atoms with E-state index in [4.69, 9.17) is 4.74 Å². The molecule has 0 unspecified atom stereocenters. The van der Waals surface area contributed by atoms with Gasteiger partial charge in [0, 0.05) is 11.9 Å². The van der Waals surface area contributed by atoms with Gasteiger partial charge >= 0.3 is 5.97 Å². The van der Waals surface area contributed by atoms with E-state index in [1.54, 1.807) is 19.2 Å². The number of carbonyl (C=O) groups is 1. The van der Waals surface area contributed by atoms with Crippen LogP contribution in [0.15, 0.2) is 29.0 Å². The number of hydrogen-bond acceptors (Lipinski definition) is 3. The summed E-state index contributed by atoms with van der Waals surface area (Å²) >= 11 is 0. The maximum absolute atomic E-state index is 11.3. The number of nitrogens with one attached hydrogen (secondary N) is 1. The number of aromatic nitrogens is 1. The molecule has 0 fully saturated rings. The van der Waals surface area contributed by atoms with Crippen molar-refractivity contribution in [2.45, 2.75) is 6.92 Å². The standard InChI is InChI=1S/C10H12N2O2/c1-3-14-10(13)9(11-2)7-8-5-4-6-12-8/h4-7,12H,2-3H2,1H3/b9-7-. The third-order valence-electron chi connectivity index (χ3n) is 1.57. The van der Waals surface area contributed by atoms with Crippen LogP contribution in [0.1, 0.15) is 12.6 Å². The van der Waals surface area contributed by atoms with Crippen LogP contribution in [0, 0.1) is 0 Å². The Morgan fingerprint density at radius 2 is 2.57 bits per heavy atom.